The standard InChI is InChI=1S/C74H60.C2H6/c1-6-10-14-26-56(9-4)64(24-8-3)52-69(32-15-11-7-2)74(70-48-47-65(49-54(70)5)61-41-37-59(38-42-61)57-27-16-12-17-28-57)73-53-66(62-43-39-60(40-44-62)58-29-18-13-19-30-58)45-46-68(73)51-55-25-22-34-67(50-55)72-36-23-33-63-31-20-21-35-71(63)72;1-2/h1,7-9,11-50,52-53H,4-5,10,51H2,2-3H3;1-2H3/b11-7+,24-8-,26-14-,32-15-,64-56-,69-52+,74-70-;. The van der Waals surface area contributed by atoms with Crippen molar-refractivity contribution in [2.24, 2.45) is 0 Å². The Balaban J connectivity index is 0.00000378. The van der Waals surface area contributed by atoms with E-state index < -0.39 is 0 Å². The maximum Gasteiger partial charge on any atom is 0.0270 e. The summed E-state index contributed by atoms with van der Waals surface area (Å²) in [5, 5.41) is 4.43. The molecule has 0 heterocycles. The Kier molecular flexibility index (Phi) is 18.6. The van der Waals surface area contributed by atoms with E-state index in [-0.39, 0.29) is 0 Å². The van der Waals surface area contributed by atoms with Gasteiger partial charge in [-0.25, -0.2) is 0 Å². The van der Waals surface area contributed by atoms with Gasteiger partial charge in [0, 0.05) is 6.42 Å². The molecule has 0 saturated heterocycles. The SMILES string of the molecule is C#CC\C=C/C(C=C)=C(/C=C\C)\C=C(/C=C\C=C\C)C(\c1cc(-c2ccc(-c3ccccc3)cc2)ccc1Cc1cccc(-c2cccc3ccccc23)c1)=c1/ccc(-c2ccc(-c3ccccc3)cc2)cc1=C.CC. The summed E-state index contributed by atoms with van der Waals surface area (Å²) >= 11 is 0. The number of terminal acetylenes is 1. The van der Waals surface area contributed by atoms with Crippen LogP contribution in [0, 0.1) is 12.3 Å². The van der Waals surface area contributed by atoms with Crippen molar-refractivity contribution in [3.05, 3.63) is 324 Å². The van der Waals surface area contributed by atoms with Crippen LogP contribution in [0.2, 0.25) is 0 Å². The Morgan fingerprint density at radius 1 is 0.500 bits per heavy atom. The first-order chi connectivity index (χ1) is 37.4. The summed E-state index contributed by atoms with van der Waals surface area (Å²) in [4.78, 5) is 0. The first kappa shape index (κ1) is 53.0. The molecule has 0 aliphatic rings. The molecule has 0 radical (unpaired) electrons. The van der Waals surface area contributed by atoms with Gasteiger partial charge in [0.1, 0.15) is 0 Å². The second kappa shape index (κ2) is 26.6. The minimum Gasteiger partial charge on any atom is -0.120 e. The van der Waals surface area contributed by atoms with Crippen LogP contribution in [0.1, 0.15) is 50.8 Å². The summed E-state index contributed by atoms with van der Waals surface area (Å²) in [5.41, 5.74) is 19.3. The maximum atomic E-state index is 5.72. The zero-order valence-corrected chi connectivity index (χ0v) is 44.4. The molecule has 0 aliphatic heterocycles. The van der Waals surface area contributed by atoms with Crippen LogP contribution in [0.5, 0.6) is 0 Å². The molecule has 0 unspecified atom stereocenters. The summed E-state index contributed by atoms with van der Waals surface area (Å²) in [6.07, 6.45) is 28.0. The average Bonchev–Trinajstić information content (AvgIpc) is 3.49. The van der Waals surface area contributed by atoms with Crippen molar-refractivity contribution in [1.29, 1.82) is 0 Å². The number of hydrogen-bond donors (Lipinski definition) is 0. The number of benzene rings is 9. The molecular weight excluding hydrogens is 913 g/mol. The van der Waals surface area contributed by atoms with Gasteiger partial charge in [-0.2, -0.15) is 0 Å². The van der Waals surface area contributed by atoms with E-state index in [4.69, 9.17) is 13.0 Å². The molecule has 0 atom stereocenters. The predicted molar refractivity (Wildman–Crippen MR) is 332 cm³/mol. The Bertz CT molecular complexity index is 3780. The quantitative estimate of drug-likeness (QED) is 0.0669. The van der Waals surface area contributed by atoms with E-state index in [1.165, 1.54) is 55.3 Å². The van der Waals surface area contributed by atoms with Gasteiger partial charge in [0.05, 0.1) is 0 Å². The van der Waals surface area contributed by atoms with Gasteiger partial charge in [0.25, 0.3) is 0 Å². The summed E-state index contributed by atoms with van der Waals surface area (Å²) in [6.45, 7) is 17.2. The predicted octanol–water partition coefficient (Wildman–Crippen LogP) is 19.1. The van der Waals surface area contributed by atoms with Crippen molar-refractivity contribution >= 4 is 22.9 Å². The number of hydrogen-bond acceptors (Lipinski definition) is 0. The van der Waals surface area contributed by atoms with E-state index in [2.05, 4.69) is 280 Å². The van der Waals surface area contributed by atoms with E-state index in [1.54, 1.807) is 0 Å². The molecule has 0 nitrogen and oxygen atoms in total. The minimum absolute atomic E-state index is 0.520. The van der Waals surface area contributed by atoms with Crippen molar-refractivity contribution in [3.8, 4) is 68.0 Å². The summed E-state index contributed by atoms with van der Waals surface area (Å²) in [6, 6.07) is 76.9. The molecular formula is C76H66. The first-order valence-corrected chi connectivity index (χ1v) is 26.4. The molecule has 9 aromatic carbocycles. The van der Waals surface area contributed by atoms with E-state index in [0.29, 0.717) is 12.8 Å². The van der Waals surface area contributed by atoms with Gasteiger partial charge in [0.2, 0.25) is 0 Å². The Morgan fingerprint density at radius 3 is 1.67 bits per heavy atom. The van der Waals surface area contributed by atoms with Crippen molar-refractivity contribution in [2.75, 3.05) is 0 Å². The zero-order chi connectivity index (χ0) is 53.1. The van der Waals surface area contributed by atoms with Crippen molar-refractivity contribution in [1.82, 2.24) is 0 Å². The van der Waals surface area contributed by atoms with Crippen molar-refractivity contribution in [2.45, 2.75) is 40.5 Å². The molecule has 9 aromatic rings. The van der Waals surface area contributed by atoms with Gasteiger partial charge in [-0.1, -0.05) is 282 Å². The second-order valence-electron chi connectivity index (χ2n) is 18.3. The fourth-order valence-corrected chi connectivity index (χ4v) is 9.72. The Labute approximate surface area is 452 Å². The number of allylic oxidation sites excluding steroid dienone is 13. The molecule has 0 bridgehead atoms. The average molecular weight is 979 g/mol. The third-order valence-electron chi connectivity index (χ3n) is 13.4. The summed E-state index contributed by atoms with van der Waals surface area (Å²) in [7, 11) is 0. The molecule has 0 aromatic heterocycles. The van der Waals surface area contributed by atoms with Crippen molar-refractivity contribution in [3.63, 3.8) is 0 Å². The van der Waals surface area contributed by atoms with Crippen molar-refractivity contribution < 1.29 is 0 Å². The maximum absolute atomic E-state index is 5.72. The fourth-order valence-electron chi connectivity index (χ4n) is 9.72. The smallest absolute Gasteiger partial charge is 0.0270 e. The minimum atomic E-state index is 0.520. The van der Waals surface area contributed by atoms with Crippen LogP contribution in [-0.4, -0.2) is 0 Å². The van der Waals surface area contributed by atoms with Crippen LogP contribution in [0.3, 0.4) is 0 Å². The van der Waals surface area contributed by atoms with Crippen LogP contribution < -0.4 is 10.4 Å². The molecule has 0 N–H and O–H groups in total. The third kappa shape index (κ3) is 12.9. The molecule has 0 spiro atoms. The lowest BCUT2D eigenvalue weighted by Crippen LogP contribution is -2.27. The molecule has 0 heteroatoms. The van der Waals surface area contributed by atoms with Crippen LogP contribution >= 0.6 is 0 Å². The van der Waals surface area contributed by atoms with E-state index >= 15 is 0 Å². The third-order valence-corrected chi connectivity index (χ3v) is 13.4. The summed E-state index contributed by atoms with van der Waals surface area (Å²) < 4.78 is 0. The van der Waals surface area contributed by atoms with Crippen LogP contribution in [-0.2, 0) is 6.42 Å². The van der Waals surface area contributed by atoms with Gasteiger partial charge in [-0.15, -0.1) is 12.3 Å². The first-order valence-electron chi connectivity index (χ1n) is 26.4. The highest BCUT2D eigenvalue weighted by molar-refractivity contribution is 5.97. The molecule has 0 aliphatic carbocycles. The van der Waals surface area contributed by atoms with Gasteiger partial charge in [-0.05, 0) is 154 Å². The molecule has 370 valence electrons. The second-order valence-corrected chi connectivity index (χ2v) is 18.3. The van der Waals surface area contributed by atoms with E-state index in [1.807, 2.05) is 32.9 Å². The lowest BCUT2D eigenvalue weighted by molar-refractivity contribution is 1.18. The lowest BCUT2D eigenvalue weighted by atomic mass is 9.85. The van der Waals surface area contributed by atoms with Gasteiger partial charge in [-0.3, -0.25) is 0 Å². The number of rotatable bonds is 16. The highest BCUT2D eigenvalue weighted by Gasteiger charge is 2.18. The Hall–Kier alpha value is -9.28. The topological polar surface area (TPSA) is 0 Å². The van der Waals surface area contributed by atoms with E-state index in [9.17, 15) is 0 Å². The van der Waals surface area contributed by atoms with Crippen LogP contribution in [0.4, 0.5) is 0 Å². The van der Waals surface area contributed by atoms with Crippen LogP contribution in [0.15, 0.2) is 296 Å². The molecule has 9 rings (SSSR count). The largest absolute Gasteiger partial charge is 0.120 e. The number of fused-ring (bicyclic) bond motifs is 1. The van der Waals surface area contributed by atoms with Gasteiger partial charge in [0.15, 0.2) is 0 Å². The highest BCUT2D eigenvalue weighted by atomic mass is 14.2. The van der Waals surface area contributed by atoms with E-state index in [0.717, 1.165) is 60.5 Å². The molecule has 76 heavy (non-hydrogen) atoms. The lowest BCUT2D eigenvalue weighted by Gasteiger charge is -2.19. The fraction of sp³-hybridized carbons (Fsp3) is 0.0789. The van der Waals surface area contributed by atoms with Gasteiger partial charge >= 0.3 is 0 Å². The normalized spacial score (nSPS) is 12.4. The zero-order valence-electron chi connectivity index (χ0n) is 44.4. The molecule has 0 amide bonds. The molecule has 0 saturated carbocycles. The summed E-state index contributed by atoms with van der Waals surface area (Å²) in [5.74, 6) is 2.76. The highest BCUT2D eigenvalue weighted by Crippen LogP contribution is 2.36. The Morgan fingerprint density at radius 2 is 1.05 bits per heavy atom. The van der Waals surface area contributed by atoms with Crippen LogP contribution in [0.25, 0.3) is 78.6 Å². The molecule has 0 fully saturated rings. The van der Waals surface area contributed by atoms with Gasteiger partial charge < -0.3 is 0 Å². The monoisotopic (exact) mass is 979 g/mol.